The van der Waals surface area contributed by atoms with E-state index in [1.54, 1.807) is 19.1 Å². The molecule has 6 heteroatoms. The van der Waals surface area contributed by atoms with E-state index in [0.717, 1.165) is 0 Å². The average Bonchev–Trinajstić information content (AvgIpc) is 2.50. The largest absolute Gasteiger partial charge is 0.495 e. The minimum atomic E-state index is -0.476. The smallest absolute Gasteiger partial charge is 0.256 e. The second-order valence-corrected chi connectivity index (χ2v) is 5.01. The van der Waals surface area contributed by atoms with Crippen molar-refractivity contribution in [1.82, 2.24) is 0 Å². The van der Waals surface area contributed by atoms with E-state index in [1.165, 1.54) is 32.4 Å². The lowest BCUT2D eigenvalue weighted by molar-refractivity contribution is 0.102. The zero-order valence-corrected chi connectivity index (χ0v) is 13.1. The van der Waals surface area contributed by atoms with Crippen LogP contribution in [0.15, 0.2) is 30.3 Å². The second kappa shape index (κ2) is 6.66. The average molecular weight is 324 g/mol. The number of aryl methyl sites for hydroxylation is 1. The van der Waals surface area contributed by atoms with Gasteiger partial charge in [-0.15, -0.1) is 0 Å². The molecule has 0 aliphatic rings. The van der Waals surface area contributed by atoms with Gasteiger partial charge in [-0.25, -0.2) is 4.39 Å². The normalized spacial score (nSPS) is 10.2. The molecule has 0 spiro atoms. The number of carbonyl (C=O) groups excluding carboxylic acids is 1. The van der Waals surface area contributed by atoms with Gasteiger partial charge in [0.15, 0.2) is 0 Å². The Morgan fingerprint density at radius 3 is 2.45 bits per heavy atom. The molecule has 0 aliphatic carbocycles. The van der Waals surface area contributed by atoms with Crippen molar-refractivity contribution in [2.75, 3.05) is 19.5 Å². The van der Waals surface area contributed by atoms with E-state index in [4.69, 9.17) is 21.1 Å². The number of hydrogen-bond donors (Lipinski definition) is 1. The van der Waals surface area contributed by atoms with Crippen LogP contribution in [0.5, 0.6) is 11.5 Å². The third-order valence-corrected chi connectivity index (χ3v) is 3.46. The van der Waals surface area contributed by atoms with Gasteiger partial charge in [0, 0.05) is 11.6 Å². The number of carbonyl (C=O) groups is 1. The van der Waals surface area contributed by atoms with Crippen molar-refractivity contribution in [3.63, 3.8) is 0 Å². The van der Waals surface area contributed by atoms with Gasteiger partial charge in [0.25, 0.3) is 5.91 Å². The highest BCUT2D eigenvalue weighted by atomic mass is 35.5. The number of benzene rings is 2. The maximum absolute atomic E-state index is 13.3. The van der Waals surface area contributed by atoms with E-state index in [1.807, 2.05) is 0 Å². The number of halogens is 2. The van der Waals surface area contributed by atoms with Crippen LogP contribution in [-0.2, 0) is 0 Å². The molecular weight excluding hydrogens is 309 g/mol. The zero-order chi connectivity index (χ0) is 16.3. The monoisotopic (exact) mass is 323 g/mol. The molecule has 0 radical (unpaired) electrons. The highest BCUT2D eigenvalue weighted by Crippen LogP contribution is 2.36. The summed E-state index contributed by atoms with van der Waals surface area (Å²) in [5.74, 6) is -0.103. The fourth-order valence-electron chi connectivity index (χ4n) is 1.99. The number of nitrogens with one attached hydrogen (secondary N) is 1. The second-order valence-electron chi connectivity index (χ2n) is 4.60. The molecule has 22 heavy (non-hydrogen) atoms. The van der Waals surface area contributed by atoms with Gasteiger partial charge in [0.1, 0.15) is 17.3 Å². The molecule has 0 atom stereocenters. The minimum Gasteiger partial charge on any atom is -0.495 e. The molecule has 0 aromatic heterocycles. The summed E-state index contributed by atoms with van der Waals surface area (Å²) >= 11 is 6.05. The Balaban J connectivity index is 2.36. The molecule has 2 aromatic rings. The summed E-state index contributed by atoms with van der Waals surface area (Å²) in [6.45, 7) is 1.73. The molecule has 0 fully saturated rings. The van der Waals surface area contributed by atoms with Crippen LogP contribution in [0.25, 0.3) is 0 Å². The molecule has 0 saturated heterocycles. The zero-order valence-electron chi connectivity index (χ0n) is 12.4. The van der Waals surface area contributed by atoms with Crippen LogP contribution in [0.2, 0.25) is 5.02 Å². The number of methoxy groups -OCH3 is 2. The number of anilines is 1. The number of amides is 1. The van der Waals surface area contributed by atoms with Crippen molar-refractivity contribution in [3.8, 4) is 11.5 Å². The number of rotatable bonds is 4. The van der Waals surface area contributed by atoms with Gasteiger partial charge >= 0.3 is 0 Å². The lowest BCUT2D eigenvalue weighted by atomic mass is 10.1. The van der Waals surface area contributed by atoms with Crippen LogP contribution in [0, 0.1) is 12.7 Å². The molecule has 0 unspecified atom stereocenters. The lowest BCUT2D eigenvalue weighted by Gasteiger charge is -2.14. The van der Waals surface area contributed by atoms with Crippen LogP contribution in [0.4, 0.5) is 10.1 Å². The van der Waals surface area contributed by atoms with E-state index in [0.29, 0.717) is 27.8 Å². The van der Waals surface area contributed by atoms with Crippen molar-refractivity contribution in [2.24, 2.45) is 0 Å². The highest BCUT2D eigenvalue weighted by Gasteiger charge is 2.15. The summed E-state index contributed by atoms with van der Waals surface area (Å²) in [6, 6.07) is 7.11. The van der Waals surface area contributed by atoms with Crippen LogP contribution < -0.4 is 14.8 Å². The van der Waals surface area contributed by atoms with Crippen LogP contribution in [0.1, 0.15) is 15.9 Å². The quantitative estimate of drug-likeness (QED) is 0.923. The third-order valence-electron chi connectivity index (χ3n) is 3.17. The summed E-state index contributed by atoms with van der Waals surface area (Å²) in [4.78, 5) is 12.3. The lowest BCUT2D eigenvalue weighted by Crippen LogP contribution is -2.14. The summed E-state index contributed by atoms with van der Waals surface area (Å²) in [5.41, 5.74) is 1.29. The predicted molar refractivity (Wildman–Crippen MR) is 83.6 cm³/mol. The first-order chi connectivity index (χ1) is 10.5. The third kappa shape index (κ3) is 3.31. The molecule has 0 saturated carbocycles. The molecule has 2 aromatic carbocycles. The maximum Gasteiger partial charge on any atom is 0.256 e. The van der Waals surface area contributed by atoms with E-state index >= 15 is 0 Å². The van der Waals surface area contributed by atoms with Gasteiger partial charge in [0.05, 0.1) is 24.9 Å². The molecule has 116 valence electrons. The number of ether oxygens (including phenoxy) is 2. The SMILES string of the molecule is COc1cc(OC)c(NC(=O)c2cc(F)ccc2C)cc1Cl. The Kier molecular flexibility index (Phi) is 4.88. The van der Waals surface area contributed by atoms with Gasteiger partial charge in [-0.3, -0.25) is 4.79 Å². The molecule has 0 bridgehead atoms. The van der Waals surface area contributed by atoms with Crippen molar-refractivity contribution in [3.05, 3.63) is 52.3 Å². The molecule has 1 amide bonds. The summed E-state index contributed by atoms with van der Waals surface area (Å²) in [7, 11) is 2.95. The van der Waals surface area contributed by atoms with Gasteiger partial charge in [0.2, 0.25) is 0 Å². The van der Waals surface area contributed by atoms with Crippen LogP contribution in [0.3, 0.4) is 0 Å². The predicted octanol–water partition coefficient (Wildman–Crippen LogP) is 4.06. The Bertz CT molecular complexity index is 719. The molecular formula is C16H15ClFNO3. The van der Waals surface area contributed by atoms with Crippen molar-refractivity contribution < 1.29 is 18.7 Å². The molecule has 0 heterocycles. The fourth-order valence-corrected chi connectivity index (χ4v) is 2.23. The van der Waals surface area contributed by atoms with E-state index in [-0.39, 0.29) is 5.56 Å². The summed E-state index contributed by atoms with van der Waals surface area (Å²) < 4.78 is 23.6. The van der Waals surface area contributed by atoms with Gasteiger partial charge in [-0.1, -0.05) is 17.7 Å². The fraction of sp³-hybridized carbons (Fsp3) is 0.188. The first-order valence-electron chi connectivity index (χ1n) is 6.45. The van der Waals surface area contributed by atoms with Gasteiger partial charge in [-0.2, -0.15) is 0 Å². The first kappa shape index (κ1) is 16.1. The van der Waals surface area contributed by atoms with Crippen molar-refractivity contribution >= 4 is 23.2 Å². The van der Waals surface area contributed by atoms with E-state index in [2.05, 4.69) is 5.32 Å². The molecule has 2 rings (SSSR count). The molecule has 1 N–H and O–H groups in total. The maximum atomic E-state index is 13.3. The standard InChI is InChI=1S/C16H15ClFNO3/c1-9-4-5-10(18)6-11(9)16(20)19-13-7-12(17)14(21-2)8-15(13)22-3/h4-8H,1-3H3,(H,19,20). The van der Waals surface area contributed by atoms with E-state index < -0.39 is 11.7 Å². The molecule has 4 nitrogen and oxygen atoms in total. The molecule has 0 aliphatic heterocycles. The van der Waals surface area contributed by atoms with Gasteiger partial charge < -0.3 is 14.8 Å². The number of hydrogen-bond acceptors (Lipinski definition) is 3. The van der Waals surface area contributed by atoms with E-state index in [9.17, 15) is 9.18 Å². The summed E-state index contributed by atoms with van der Waals surface area (Å²) in [6.07, 6.45) is 0. The van der Waals surface area contributed by atoms with Gasteiger partial charge in [-0.05, 0) is 30.7 Å². The Hall–Kier alpha value is -2.27. The van der Waals surface area contributed by atoms with Crippen molar-refractivity contribution in [2.45, 2.75) is 6.92 Å². The first-order valence-corrected chi connectivity index (χ1v) is 6.83. The van der Waals surface area contributed by atoms with Crippen LogP contribution >= 0.6 is 11.6 Å². The Morgan fingerprint density at radius 1 is 1.14 bits per heavy atom. The Morgan fingerprint density at radius 2 is 1.82 bits per heavy atom. The van der Waals surface area contributed by atoms with Crippen molar-refractivity contribution in [1.29, 1.82) is 0 Å². The Labute approximate surface area is 132 Å². The highest BCUT2D eigenvalue weighted by molar-refractivity contribution is 6.32. The minimum absolute atomic E-state index is 0.244. The topological polar surface area (TPSA) is 47.6 Å². The van der Waals surface area contributed by atoms with Crippen LogP contribution in [-0.4, -0.2) is 20.1 Å². The summed E-state index contributed by atoms with van der Waals surface area (Å²) in [5, 5.41) is 3.00.